The van der Waals surface area contributed by atoms with Crippen LogP contribution in [0.4, 0.5) is 4.39 Å². The molecule has 0 saturated heterocycles. The van der Waals surface area contributed by atoms with Gasteiger partial charge in [-0.05, 0) is 37.3 Å². The number of nitrogens with one attached hydrogen (secondary N) is 1. The lowest BCUT2D eigenvalue weighted by Gasteiger charge is -2.15. The smallest absolute Gasteiger partial charge is 0.341 e. The first kappa shape index (κ1) is 20.6. The van der Waals surface area contributed by atoms with Gasteiger partial charge < -0.3 is 14.5 Å². The predicted octanol–water partition coefficient (Wildman–Crippen LogP) is 1.53. The number of carbonyl (C=O) groups excluding carboxylic acids is 2. The summed E-state index contributed by atoms with van der Waals surface area (Å²) in [6, 6.07) is 6.08. The van der Waals surface area contributed by atoms with Gasteiger partial charge in [-0.15, -0.1) is 0 Å². The molecule has 1 atom stereocenters. The van der Waals surface area contributed by atoms with Gasteiger partial charge in [0.2, 0.25) is 10.0 Å². The van der Waals surface area contributed by atoms with Gasteiger partial charge in [0, 0.05) is 14.1 Å². The van der Waals surface area contributed by atoms with Gasteiger partial charge in [0.25, 0.3) is 5.91 Å². The predicted molar refractivity (Wildman–Crippen MR) is 92.7 cm³/mol. The maximum Gasteiger partial charge on any atom is 0.341 e. The zero-order valence-corrected chi connectivity index (χ0v) is 15.7. The fourth-order valence-electron chi connectivity index (χ4n) is 2.04. The van der Waals surface area contributed by atoms with E-state index in [2.05, 4.69) is 5.32 Å². The number of amides is 1. The zero-order valence-electron chi connectivity index (χ0n) is 14.9. The Hall–Kier alpha value is -2.72. The molecule has 27 heavy (non-hydrogen) atoms. The number of benzene rings is 1. The number of esters is 1. The number of halogens is 1. The van der Waals surface area contributed by atoms with Crippen molar-refractivity contribution in [2.24, 2.45) is 0 Å². The Kier molecular flexibility index (Phi) is 6.34. The standard InChI is InChI=1S/C17H19FN2O6S/c1-11(16(21)19-10-12-5-4-8-25-12)26-17(22)14-9-13(6-7-15(14)18)27(23,24)20(2)3/h4-9,11H,10H2,1-3H3,(H,19,21)/t11-/m0/s1. The molecule has 0 saturated carbocycles. The van der Waals surface area contributed by atoms with Gasteiger partial charge in [-0.25, -0.2) is 21.9 Å². The van der Waals surface area contributed by atoms with Gasteiger partial charge >= 0.3 is 5.97 Å². The highest BCUT2D eigenvalue weighted by Crippen LogP contribution is 2.19. The van der Waals surface area contributed by atoms with Crippen LogP contribution in [-0.4, -0.2) is 44.8 Å². The summed E-state index contributed by atoms with van der Waals surface area (Å²) in [6.07, 6.45) is 0.226. The number of sulfonamides is 1. The van der Waals surface area contributed by atoms with E-state index in [4.69, 9.17) is 9.15 Å². The third kappa shape index (κ3) is 4.92. The number of carbonyl (C=O) groups is 2. The Morgan fingerprint density at radius 1 is 1.30 bits per heavy atom. The van der Waals surface area contributed by atoms with Crippen LogP contribution < -0.4 is 5.32 Å². The van der Waals surface area contributed by atoms with Crippen molar-refractivity contribution in [2.75, 3.05) is 14.1 Å². The van der Waals surface area contributed by atoms with Gasteiger partial charge in [0.1, 0.15) is 11.6 Å². The molecule has 8 nitrogen and oxygen atoms in total. The molecule has 0 aliphatic carbocycles. The van der Waals surface area contributed by atoms with Crippen LogP contribution >= 0.6 is 0 Å². The fraction of sp³-hybridized carbons (Fsp3) is 0.294. The third-order valence-corrected chi connectivity index (χ3v) is 5.42. The van der Waals surface area contributed by atoms with Crippen LogP contribution in [-0.2, 0) is 26.1 Å². The van der Waals surface area contributed by atoms with Crippen LogP contribution in [0.2, 0.25) is 0 Å². The van der Waals surface area contributed by atoms with Crippen molar-refractivity contribution >= 4 is 21.9 Å². The van der Waals surface area contributed by atoms with Gasteiger partial charge in [-0.1, -0.05) is 0 Å². The zero-order chi connectivity index (χ0) is 20.2. The highest BCUT2D eigenvalue weighted by Gasteiger charge is 2.25. The van der Waals surface area contributed by atoms with Gasteiger partial charge in [-0.3, -0.25) is 4.79 Å². The molecule has 2 rings (SSSR count). The summed E-state index contributed by atoms with van der Waals surface area (Å²) in [5.41, 5.74) is -0.580. The first-order valence-electron chi connectivity index (χ1n) is 7.86. The maximum atomic E-state index is 14.0. The molecule has 0 radical (unpaired) electrons. The number of nitrogens with zero attached hydrogens (tertiary/aromatic N) is 1. The lowest BCUT2D eigenvalue weighted by Crippen LogP contribution is -2.35. The average molecular weight is 398 g/mol. The molecule has 0 aliphatic rings. The van der Waals surface area contributed by atoms with Crippen molar-refractivity contribution in [2.45, 2.75) is 24.5 Å². The fourth-order valence-corrected chi connectivity index (χ4v) is 2.97. The Bertz CT molecular complexity index is 925. The van der Waals surface area contributed by atoms with Crippen molar-refractivity contribution in [1.29, 1.82) is 0 Å². The summed E-state index contributed by atoms with van der Waals surface area (Å²) < 4.78 is 49.2. The van der Waals surface area contributed by atoms with E-state index >= 15 is 0 Å². The summed E-state index contributed by atoms with van der Waals surface area (Å²) in [6.45, 7) is 1.41. The summed E-state index contributed by atoms with van der Waals surface area (Å²) in [5.74, 6) is -2.21. The van der Waals surface area contributed by atoms with Gasteiger partial charge in [0.15, 0.2) is 6.10 Å². The molecule has 1 N–H and O–H groups in total. The normalized spacial score (nSPS) is 12.6. The minimum atomic E-state index is -3.86. The highest BCUT2D eigenvalue weighted by molar-refractivity contribution is 7.89. The molecule has 1 aromatic heterocycles. The van der Waals surface area contributed by atoms with Crippen molar-refractivity contribution < 1.29 is 31.6 Å². The number of hydrogen-bond acceptors (Lipinski definition) is 6. The van der Waals surface area contributed by atoms with E-state index in [0.717, 1.165) is 22.5 Å². The lowest BCUT2D eigenvalue weighted by molar-refractivity contribution is -0.129. The molecule has 10 heteroatoms. The van der Waals surface area contributed by atoms with E-state index < -0.39 is 39.4 Å². The summed E-state index contributed by atoms with van der Waals surface area (Å²) >= 11 is 0. The largest absolute Gasteiger partial charge is 0.467 e. The summed E-state index contributed by atoms with van der Waals surface area (Å²) in [4.78, 5) is 23.9. The Morgan fingerprint density at radius 2 is 2.00 bits per heavy atom. The molecule has 2 aromatic rings. The van der Waals surface area contributed by atoms with E-state index in [1.165, 1.54) is 27.3 Å². The number of rotatable bonds is 7. The van der Waals surface area contributed by atoms with Gasteiger partial charge in [0.05, 0.1) is 23.3 Å². The van der Waals surface area contributed by atoms with Crippen LogP contribution in [0.5, 0.6) is 0 Å². The second kappa shape index (κ2) is 8.31. The van der Waals surface area contributed by atoms with E-state index in [1.807, 2.05) is 0 Å². The molecule has 146 valence electrons. The van der Waals surface area contributed by atoms with Crippen molar-refractivity contribution in [1.82, 2.24) is 9.62 Å². The molecule has 0 unspecified atom stereocenters. The topological polar surface area (TPSA) is 106 Å². The molecule has 0 bridgehead atoms. The molecule has 0 spiro atoms. The second-order valence-electron chi connectivity index (χ2n) is 5.77. The molecule has 1 amide bonds. The quantitative estimate of drug-likeness (QED) is 0.709. The lowest BCUT2D eigenvalue weighted by atomic mass is 10.2. The maximum absolute atomic E-state index is 14.0. The van der Waals surface area contributed by atoms with Crippen LogP contribution in [0.15, 0.2) is 45.9 Å². The monoisotopic (exact) mass is 398 g/mol. The third-order valence-electron chi connectivity index (χ3n) is 3.61. The first-order chi connectivity index (χ1) is 12.6. The van der Waals surface area contributed by atoms with Crippen LogP contribution in [0.3, 0.4) is 0 Å². The van der Waals surface area contributed by atoms with E-state index in [0.29, 0.717) is 5.76 Å². The number of furan rings is 1. The summed E-state index contributed by atoms with van der Waals surface area (Å²) in [7, 11) is -1.24. The molecule has 0 fully saturated rings. The second-order valence-corrected chi connectivity index (χ2v) is 7.93. The summed E-state index contributed by atoms with van der Waals surface area (Å²) in [5, 5.41) is 2.50. The SMILES string of the molecule is C[C@H](OC(=O)c1cc(S(=O)(=O)N(C)C)ccc1F)C(=O)NCc1ccco1. The van der Waals surface area contributed by atoms with Crippen LogP contribution in [0.25, 0.3) is 0 Å². The Labute approximate surface area is 156 Å². The molecular formula is C17H19FN2O6S. The van der Waals surface area contributed by atoms with E-state index in [1.54, 1.807) is 12.1 Å². The minimum absolute atomic E-state index is 0.0959. The molecule has 1 heterocycles. The van der Waals surface area contributed by atoms with E-state index in [-0.39, 0.29) is 11.4 Å². The Balaban J connectivity index is 2.09. The molecule has 0 aliphatic heterocycles. The van der Waals surface area contributed by atoms with Crippen LogP contribution in [0.1, 0.15) is 23.0 Å². The molecule has 1 aromatic carbocycles. The molecular weight excluding hydrogens is 379 g/mol. The minimum Gasteiger partial charge on any atom is -0.467 e. The highest BCUT2D eigenvalue weighted by atomic mass is 32.2. The Morgan fingerprint density at radius 3 is 2.59 bits per heavy atom. The first-order valence-corrected chi connectivity index (χ1v) is 9.30. The van der Waals surface area contributed by atoms with Crippen molar-refractivity contribution in [3.63, 3.8) is 0 Å². The average Bonchev–Trinajstić information content (AvgIpc) is 3.13. The van der Waals surface area contributed by atoms with Crippen molar-refractivity contribution in [3.8, 4) is 0 Å². The van der Waals surface area contributed by atoms with Crippen molar-refractivity contribution in [3.05, 3.63) is 53.7 Å². The van der Waals surface area contributed by atoms with Gasteiger partial charge in [-0.2, -0.15) is 0 Å². The number of hydrogen-bond donors (Lipinski definition) is 1. The van der Waals surface area contributed by atoms with E-state index in [9.17, 15) is 22.4 Å². The number of ether oxygens (including phenoxy) is 1. The van der Waals surface area contributed by atoms with Crippen LogP contribution in [0, 0.1) is 5.82 Å².